The van der Waals surface area contributed by atoms with Gasteiger partial charge in [-0.25, -0.2) is 0 Å². The van der Waals surface area contributed by atoms with Gasteiger partial charge in [-0.05, 0) is 173 Å². The van der Waals surface area contributed by atoms with E-state index in [2.05, 4.69) is 325 Å². The summed E-state index contributed by atoms with van der Waals surface area (Å²) in [6.45, 7) is 0. The van der Waals surface area contributed by atoms with Crippen LogP contribution < -0.4 is 4.90 Å². The van der Waals surface area contributed by atoms with E-state index >= 15 is 0 Å². The second-order valence-electron chi connectivity index (χ2n) is 22.3. The van der Waals surface area contributed by atoms with Crippen molar-refractivity contribution in [3.05, 3.63) is 359 Å². The van der Waals surface area contributed by atoms with Gasteiger partial charge in [-0.2, -0.15) is 0 Å². The molecule has 0 bridgehead atoms. The Bertz CT molecular complexity index is 4800. The van der Waals surface area contributed by atoms with E-state index in [0.717, 1.165) is 39.4 Å². The predicted octanol–water partition coefficient (Wildman–Crippen LogP) is 20.3. The Kier molecular flexibility index (Phi) is 10.2. The second-order valence-corrected chi connectivity index (χ2v) is 22.3. The number of fused-ring (bicyclic) bond motifs is 20. The Morgan fingerprint density at radius 1 is 0.268 bits per heavy atom. The fourth-order valence-corrected chi connectivity index (χ4v) is 14.9. The molecular formula is C80H52N2. The van der Waals surface area contributed by atoms with Crippen LogP contribution >= 0.6 is 0 Å². The first-order valence-electron chi connectivity index (χ1n) is 28.6. The Hall–Kier alpha value is -10.5. The van der Waals surface area contributed by atoms with Crippen LogP contribution in [0, 0.1) is 0 Å². The molecule has 2 nitrogen and oxygen atoms in total. The highest BCUT2D eigenvalue weighted by molar-refractivity contribution is 6.11. The lowest BCUT2D eigenvalue weighted by atomic mass is 9.52. The van der Waals surface area contributed by atoms with Crippen molar-refractivity contribution in [2.45, 2.75) is 10.8 Å². The molecule has 13 aromatic carbocycles. The van der Waals surface area contributed by atoms with E-state index in [0.29, 0.717) is 0 Å². The molecule has 2 spiro atoms. The van der Waals surface area contributed by atoms with Gasteiger partial charge in [-0.3, -0.25) is 0 Å². The van der Waals surface area contributed by atoms with Gasteiger partial charge in [0, 0.05) is 33.5 Å². The van der Waals surface area contributed by atoms with E-state index < -0.39 is 10.8 Å². The predicted molar refractivity (Wildman–Crippen MR) is 342 cm³/mol. The molecule has 0 fully saturated rings. The lowest BCUT2D eigenvalue weighted by Crippen LogP contribution is -2.43. The molecule has 3 aliphatic carbocycles. The minimum Gasteiger partial charge on any atom is -0.310 e. The molecule has 382 valence electrons. The van der Waals surface area contributed by atoms with E-state index in [9.17, 15) is 0 Å². The molecule has 0 saturated heterocycles. The van der Waals surface area contributed by atoms with Gasteiger partial charge in [0.15, 0.2) is 0 Å². The van der Waals surface area contributed by atoms with Crippen molar-refractivity contribution in [2.75, 3.05) is 4.90 Å². The molecule has 0 unspecified atom stereocenters. The third-order valence-corrected chi connectivity index (χ3v) is 18.2. The van der Waals surface area contributed by atoms with E-state index in [1.165, 1.54) is 105 Å². The summed E-state index contributed by atoms with van der Waals surface area (Å²) in [5, 5.41) is 4.87. The highest BCUT2D eigenvalue weighted by atomic mass is 15.1. The molecule has 0 amide bonds. The Labute approximate surface area is 477 Å². The van der Waals surface area contributed by atoms with Crippen molar-refractivity contribution < 1.29 is 0 Å². The fraction of sp³-hybridized carbons (Fsp3) is 0.0250. The molecule has 0 N–H and O–H groups in total. The summed E-state index contributed by atoms with van der Waals surface area (Å²) in [4.78, 5) is 2.34. The number of benzene rings is 13. The van der Waals surface area contributed by atoms with Crippen LogP contribution in [-0.2, 0) is 10.8 Å². The van der Waals surface area contributed by atoms with Crippen LogP contribution in [-0.4, -0.2) is 4.57 Å². The van der Waals surface area contributed by atoms with E-state index in [4.69, 9.17) is 0 Å². The molecular weight excluding hydrogens is 989 g/mol. The molecule has 14 aromatic rings. The quantitative estimate of drug-likeness (QED) is 0.144. The summed E-state index contributed by atoms with van der Waals surface area (Å²) in [5.74, 6) is 0. The second kappa shape index (κ2) is 18.0. The van der Waals surface area contributed by atoms with Gasteiger partial charge in [0.25, 0.3) is 0 Å². The number of para-hydroxylation sites is 3. The summed E-state index contributed by atoms with van der Waals surface area (Å²) in [6.07, 6.45) is 4.52. The Morgan fingerprint density at radius 2 is 0.671 bits per heavy atom. The minimum absolute atomic E-state index is 0.507. The number of nitrogens with zero attached hydrogens (tertiary/aromatic N) is 2. The molecule has 3 aliphatic rings. The van der Waals surface area contributed by atoms with Gasteiger partial charge in [0.2, 0.25) is 0 Å². The zero-order valence-corrected chi connectivity index (χ0v) is 44.9. The van der Waals surface area contributed by atoms with Gasteiger partial charge >= 0.3 is 0 Å². The topological polar surface area (TPSA) is 8.17 Å². The number of hydrogen-bond donors (Lipinski definition) is 0. The van der Waals surface area contributed by atoms with Crippen molar-refractivity contribution in [1.29, 1.82) is 0 Å². The maximum atomic E-state index is 2.56. The minimum atomic E-state index is -0.538. The fourth-order valence-electron chi connectivity index (χ4n) is 14.9. The summed E-state index contributed by atoms with van der Waals surface area (Å²) in [5.41, 5.74) is 26.5. The van der Waals surface area contributed by atoms with Crippen molar-refractivity contribution in [3.63, 3.8) is 0 Å². The molecule has 0 aliphatic heterocycles. The smallest absolute Gasteiger partial charge is 0.0720 e. The lowest BCUT2D eigenvalue weighted by Gasteiger charge is -2.49. The maximum absolute atomic E-state index is 2.56. The van der Waals surface area contributed by atoms with Gasteiger partial charge < -0.3 is 9.47 Å². The third-order valence-electron chi connectivity index (χ3n) is 18.2. The standard InChI is InChI=1S/C80H52N2/c1-4-20-59(21-5-1)81(60-22-6-2-7-23-60)62-44-46-68-67-45-39-54(49-77(67)82(78(68)52-62)61-24-8-3-9-25-61)37-36-53-38-40-56-50-57(42-41-55(56)48-53)58-43-47-75-76(51-58)80(71-32-16-12-28-65(71)66-29-13-17-33-72(66)80)74-35-19-18-34-73(74)79(75)69-30-14-10-26-63(69)64-27-11-15-31-70(64)79/h1-52H/b37-36+. The van der Waals surface area contributed by atoms with Crippen molar-refractivity contribution in [2.24, 2.45) is 0 Å². The lowest BCUT2D eigenvalue weighted by molar-refractivity contribution is 0.633. The van der Waals surface area contributed by atoms with E-state index in [1.54, 1.807) is 0 Å². The van der Waals surface area contributed by atoms with Crippen LogP contribution in [0.4, 0.5) is 17.1 Å². The normalized spacial score (nSPS) is 13.8. The molecule has 0 atom stereocenters. The van der Waals surface area contributed by atoms with Crippen LogP contribution in [0.15, 0.2) is 303 Å². The van der Waals surface area contributed by atoms with Gasteiger partial charge in [-0.15, -0.1) is 0 Å². The molecule has 1 aromatic heterocycles. The van der Waals surface area contributed by atoms with Crippen molar-refractivity contribution in [1.82, 2.24) is 4.57 Å². The monoisotopic (exact) mass is 1040 g/mol. The van der Waals surface area contributed by atoms with Gasteiger partial charge in [0.1, 0.15) is 0 Å². The summed E-state index contributed by atoms with van der Waals surface area (Å²) in [7, 11) is 0. The van der Waals surface area contributed by atoms with Gasteiger partial charge in [0.05, 0.1) is 21.9 Å². The number of rotatable bonds is 7. The maximum Gasteiger partial charge on any atom is 0.0720 e. The SMILES string of the molecule is C(=C\c1ccc2c3ccc(N(c4ccccc4)c4ccccc4)cc3n(-c3ccccc3)c2c1)/c1ccc2cc(-c3ccc4c(c3)C3(c5ccccc5-c5ccccc53)c3ccccc3C43c4ccccc4-c4ccccc43)ccc2c1. The first-order chi connectivity index (χ1) is 40.7. The van der Waals surface area contributed by atoms with Crippen LogP contribution in [0.5, 0.6) is 0 Å². The molecule has 82 heavy (non-hydrogen) atoms. The number of anilines is 3. The molecule has 17 rings (SSSR count). The van der Waals surface area contributed by atoms with Crippen LogP contribution in [0.25, 0.3) is 83.8 Å². The van der Waals surface area contributed by atoms with Crippen molar-refractivity contribution in [3.8, 4) is 39.1 Å². The molecule has 2 heteroatoms. The number of aromatic nitrogens is 1. The van der Waals surface area contributed by atoms with Crippen LogP contribution in [0.2, 0.25) is 0 Å². The highest BCUT2D eigenvalue weighted by Gasteiger charge is 2.59. The zero-order valence-electron chi connectivity index (χ0n) is 44.9. The third kappa shape index (κ3) is 6.58. The molecule has 1 heterocycles. The summed E-state index contributed by atoms with van der Waals surface area (Å²) < 4.78 is 2.42. The first kappa shape index (κ1) is 46.4. The Morgan fingerprint density at radius 3 is 1.24 bits per heavy atom. The Balaban J connectivity index is 0.769. The van der Waals surface area contributed by atoms with E-state index in [-0.39, 0.29) is 0 Å². The molecule has 0 radical (unpaired) electrons. The van der Waals surface area contributed by atoms with Crippen molar-refractivity contribution >= 4 is 61.8 Å². The van der Waals surface area contributed by atoms with Gasteiger partial charge in [-0.1, -0.05) is 243 Å². The summed E-state index contributed by atoms with van der Waals surface area (Å²) in [6, 6.07) is 113. The zero-order chi connectivity index (χ0) is 53.9. The largest absolute Gasteiger partial charge is 0.310 e. The average Bonchev–Trinajstić information content (AvgIpc) is 1.79. The molecule has 0 saturated carbocycles. The van der Waals surface area contributed by atoms with E-state index in [1.807, 2.05) is 0 Å². The highest BCUT2D eigenvalue weighted by Crippen LogP contribution is 2.67. The first-order valence-corrected chi connectivity index (χ1v) is 28.6. The van der Waals surface area contributed by atoms with Crippen LogP contribution in [0.1, 0.15) is 55.6 Å². The average molecular weight is 1040 g/mol. The number of hydrogen-bond acceptors (Lipinski definition) is 1. The summed E-state index contributed by atoms with van der Waals surface area (Å²) >= 11 is 0. The van der Waals surface area contributed by atoms with Crippen LogP contribution in [0.3, 0.4) is 0 Å².